The topological polar surface area (TPSA) is 41.6 Å². The van der Waals surface area contributed by atoms with E-state index in [4.69, 9.17) is 5.26 Å². The summed E-state index contributed by atoms with van der Waals surface area (Å²) < 4.78 is 2.95. The summed E-state index contributed by atoms with van der Waals surface area (Å²) in [7, 11) is 0. The first-order valence-electron chi connectivity index (χ1n) is 5.31. The average molecular weight is 290 g/mol. The van der Waals surface area contributed by atoms with E-state index in [1.54, 1.807) is 0 Å². The maximum Gasteiger partial charge on any atom is 0.0995 e. The zero-order valence-corrected chi connectivity index (χ0v) is 11.3. The number of aryl methyl sites for hydroxylation is 1. The fourth-order valence-electron chi connectivity index (χ4n) is 1.76. The van der Waals surface area contributed by atoms with Crippen LogP contribution >= 0.6 is 15.9 Å². The van der Waals surface area contributed by atoms with Crippen LogP contribution in [0.4, 0.5) is 0 Å². The van der Waals surface area contributed by atoms with Crippen molar-refractivity contribution in [2.45, 2.75) is 20.4 Å². The normalized spacial score (nSPS) is 10.2. The number of hydrogen-bond donors (Lipinski definition) is 0. The minimum absolute atomic E-state index is 0.627. The zero-order chi connectivity index (χ0) is 12.4. The number of rotatable bonds is 2. The van der Waals surface area contributed by atoms with Crippen LogP contribution in [0.25, 0.3) is 0 Å². The number of hydrogen-bond acceptors (Lipinski definition) is 2. The molecule has 0 amide bonds. The first-order valence-corrected chi connectivity index (χ1v) is 6.10. The summed E-state index contributed by atoms with van der Waals surface area (Å²) in [6, 6.07) is 9.81. The molecular weight excluding hydrogens is 278 g/mol. The van der Waals surface area contributed by atoms with Crippen LogP contribution in [0, 0.1) is 25.2 Å². The summed E-state index contributed by atoms with van der Waals surface area (Å²) in [4.78, 5) is 0. The lowest BCUT2D eigenvalue weighted by Gasteiger charge is -2.06. The number of aromatic nitrogens is 2. The van der Waals surface area contributed by atoms with Crippen molar-refractivity contribution in [1.82, 2.24) is 9.78 Å². The van der Waals surface area contributed by atoms with Gasteiger partial charge in [-0.1, -0.05) is 18.2 Å². The second-order valence-electron chi connectivity index (χ2n) is 3.91. The standard InChI is InChI=1S/C13H12BrN3/c1-9-13(14)10(2)17(16-9)8-12-6-4-3-5-11(12)7-15/h3-6H,8H2,1-2H3. The quantitative estimate of drug-likeness (QED) is 0.852. The van der Waals surface area contributed by atoms with Gasteiger partial charge >= 0.3 is 0 Å². The second kappa shape index (κ2) is 4.72. The molecular formula is C13H12BrN3. The number of benzene rings is 1. The van der Waals surface area contributed by atoms with Crippen LogP contribution < -0.4 is 0 Å². The lowest BCUT2D eigenvalue weighted by Crippen LogP contribution is -2.05. The zero-order valence-electron chi connectivity index (χ0n) is 9.74. The van der Waals surface area contributed by atoms with Crippen molar-refractivity contribution in [2.24, 2.45) is 0 Å². The molecule has 0 fully saturated rings. The summed E-state index contributed by atoms with van der Waals surface area (Å²) in [6.45, 7) is 4.60. The maximum absolute atomic E-state index is 9.04. The third-order valence-electron chi connectivity index (χ3n) is 2.75. The fraction of sp³-hybridized carbons (Fsp3) is 0.231. The van der Waals surface area contributed by atoms with Gasteiger partial charge in [0, 0.05) is 0 Å². The van der Waals surface area contributed by atoms with Gasteiger partial charge < -0.3 is 0 Å². The highest BCUT2D eigenvalue weighted by atomic mass is 79.9. The predicted molar refractivity (Wildman–Crippen MR) is 69.7 cm³/mol. The Morgan fingerprint density at radius 2 is 2.06 bits per heavy atom. The number of halogens is 1. The van der Waals surface area contributed by atoms with Gasteiger partial charge in [-0.2, -0.15) is 10.4 Å². The van der Waals surface area contributed by atoms with Crippen molar-refractivity contribution < 1.29 is 0 Å². The Hall–Kier alpha value is -1.60. The first kappa shape index (κ1) is 11.9. The molecule has 1 aromatic heterocycles. The van der Waals surface area contributed by atoms with Gasteiger partial charge in [-0.3, -0.25) is 4.68 Å². The van der Waals surface area contributed by atoms with Crippen LogP contribution in [0.1, 0.15) is 22.5 Å². The van der Waals surface area contributed by atoms with E-state index in [2.05, 4.69) is 27.1 Å². The summed E-state index contributed by atoms with van der Waals surface area (Å²) in [5, 5.41) is 13.5. The van der Waals surface area contributed by atoms with Crippen molar-refractivity contribution in [2.75, 3.05) is 0 Å². The van der Waals surface area contributed by atoms with Crippen molar-refractivity contribution in [3.05, 3.63) is 51.3 Å². The van der Waals surface area contributed by atoms with Crippen LogP contribution in [0.15, 0.2) is 28.7 Å². The molecule has 4 heteroatoms. The highest BCUT2D eigenvalue weighted by Gasteiger charge is 2.10. The van der Waals surface area contributed by atoms with Crippen LogP contribution in [-0.4, -0.2) is 9.78 Å². The number of nitriles is 1. The second-order valence-corrected chi connectivity index (χ2v) is 4.70. The predicted octanol–water partition coefficient (Wildman–Crippen LogP) is 3.18. The largest absolute Gasteiger partial charge is 0.264 e. The molecule has 0 bridgehead atoms. The Morgan fingerprint density at radius 1 is 1.35 bits per heavy atom. The van der Waals surface area contributed by atoms with Gasteiger partial charge in [0.2, 0.25) is 0 Å². The van der Waals surface area contributed by atoms with E-state index in [0.717, 1.165) is 21.4 Å². The highest BCUT2D eigenvalue weighted by molar-refractivity contribution is 9.10. The van der Waals surface area contributed by atoms with E-state index in [1.165, 1.54) is 0 Å². The lowest BCUT2D eigenvalue weighted by molar-refractivity contribution is 0.657. The van der Waals surface area contributed by atoms with Gasteiger partial charge in [0.15, 0.2) is 0 Å². The molecule has 0 aliphatic carbocycles. The van der Waals surface area contributed by atoms with Gasteiger partial charge in [0.1, 0.15) is 0 Å². The third kappa shape index (κ3) is 2.25. The van der Waals surface area contributed by atoms with E-state index >= 15 is 0 Å². The highest BCUT2D eigenvalue weighted by Crippen LogP contribution is 2.21. The Bertz CT molecular complexity index is 593. The molecule has 0 unspecified atom stereocenters. The van der Waals surface area contributed by atoms with Crippen molar-refractivity contribution in [3.63, 3.8) is 0 Å². The molecule has 2 rings (SSSR count). The SMILES string of the molecule is Cc1nn(Cc2ccccc2C#N)c(C)c1Br. The summed E-state index contributed by atoms with van der Waals surface area (Å²) in [5.41, 5.74) is 3.75. The molecule has 0 N–H and O–H groups in total. The van der Waals surface area contributed by atoms with Gasteiger partial charge in [0.25, 0.3) is 0 Å². The van der Waals surface area contributed by atoms with Gasteiger partial charge in [-0.15, -0.1) is 0 Å². The summed E-state index contributed by atoms with van der Waals surface area (Å²) in [6.07, 6.45) is 0. The first-order chi connectivity index (χ1) is 8.13. The molecule has 0 atom stereocenters. The molecule has 0 saturated carbocycles. The smallest absolute Gasteiger partial charge is 0.0995 e. The Kier molecular flexibility index (Phi) is 3.30. The summed E-state index contributed by atoms with van der Waals surface area (Å²) in [5.74, 6) is 0. The average Bonchev–Trinajstić information content (AvgIpc) is 2.58. The third-order valence-corrected chi connectivity index (χ3v) is 3.90. The lowest BCUT2D eigenvalue weighted by atomic mass is 10.1. The monoisotopic (exact) mass is 289 g/mol. The minimum atomic E-state index is 0.627. The maximum atomic E-state index is 9.04. The van der Waals surface area contributed by atoms with Crippen LogP contribution in [0.3, 0.4) is 0 Å². The molecule has 0 aliphatic heterocycles. The molecule has 0 radical (unpaired) electrons. The molecule has 0 spiro atoms. The molecule has 86 valence electrons. The molecule has 1 aromatic carbocycles. The number of nitrogens with zero attached hydrogens (tertiary/aromatic N) is 3. The van der Waals surface area contributed by atoms with Gasteiger partial charge in [0.05, 0.1) is 34.0 Å². The molecule has 3 nitrogen and oxygen atoms in total. The van der Waals surface area contributed by atoms with E-state index in [0.29, 0.717) is 12.1 Å². The van der Waals surface area contributed by atoms with Crippen molar-refractivity contribution in [1.29, 1.82) is 5.26 Å². The van der Waals surface area contributed by atoms with Crippen LogP contribution in [0.5, 0.6) is 0 Å². The summed E-state index contributed by atoms with van der Waals surface area (Å²) >= 11 is 3.50. The van der Waals surface area contributed by atoms with Crippen molar-refractivity contribution >= 4 is 15.9 Å². The molecule has 0 aliphatic rings. The van der Waals surface area contributed by atoms with E-state index < -0.39 is 0 Å². The Balaban J connectivity index is 2.39. The van der Waals surface area contributed by atoms with E-state index in [9.17, 15) is 0 Å². The van der Waals surface area contributed by atoms with Crippen LogP contribution in [0.2, 0.25) is 0 Å². The Morgan fingerprint density at radius 3 is 2.65 bits per heavy atom. The van der Waals surface area contributed by atoms with Crippen LogP contribution in [-0.2, 0) is 6.54 Å². The van der Waals surface area contributed by atoms with E-state index in [-0.39, 0.29) is 0 Å². The van der Waals surface area contributed by atoms with Gasteiger partial charge in [-0.05, 0) is 41.4 Å². The molecule has 17 heavy (non-hydrogen) atoms. The Labute approximate surface area is 109 Å². The van der Waals surface area contributed by atoms with Crippen molar-refractivity contribution in [3.8, 4) is 6.07 Å². The van der Waals surface area contributed by atoms with E-state index in [1.807, 2.05) is 42.8 Å². The molecule has 1 heterocycles. The molecule has 2 aromatic rings. The fourth-order valence-corrected chi connectivity index (χ4v) is 2.04. The molecule has 0 saturated heterocycles. The minimum Gasteiger partial charge on any atom is -0.264 e. The van der Waals surface area contributed by atoms with Gasteiger partial charge in [-0.25, -0.2) is 0 Å².